The van der Waals surface area contributed by atoms with Crippen LogP contribution < -0.4 is 10.6 Å². The zero-order valence-electron chi connectivity index (χ0n) is 11.0. The average molecular weight is 258 g/mol. The molecule has 2 aromatic rings. The van der Waals surface area contributed by atoms with E-state index in [-0.39, 0.29) is 5.91 Å². The lowest BCUT2D eigenvalue weighted by Crippen LogP contribution is -2.33. The Bertz CT molecular complexity index is 519. The number of rotatable bonds is 5. The van der Waals surface area contributed by atoms with Gasteiger partial charge in [-0.1, -0.05) is 17.7 Å². The molecule has 0 aliphatic heterocycles. The summed E-state index contributed by atoms with van der Waals surface area (Å²) >= 11 is 0. The summed E-state index contributed by atoms with van der Waals surface area (Å²) in [4.78, 5) is 14.1. The number of amides is 1. The van der Waals surface area contributed by atoms with Crippen molar-refractivity contribution in [2.24, 2.45) is 5.73 Å². The van der Waals surface area contributed by atoms with E-state index in [1.165, 1.54) is 0 Å². The summed E-state index contributed by atoms with van der Waals surface area (Å²) < 4.78 is 0. The number of carbonyl (C=O) groups excluding carboxylic acids is 1. The largest absolute Gasteiger partial charge is 0.330 e. The topological polar surface area (TPSA) is 75.0 Å². The first-order chi connectivity index (χ1) is 9.22. The highest BCUT2D eigenvalue weighted by Gasteiger charge is 2.18. The van der Waals surface area contributed by atoms with E-state index in [4.69, 9.17) is 5.73 Å². The first-order valence-electron chi connectivity index (χ1n) is 6.30. The molecule has 100 valence electrons. The number of carbonyl (C=O) groups is 1. The minimum atomic E-state index is -0.0881. The van der Waals surface area contributed by atoms with Crippen LogP contribution in [0.2, 0.25) is 0 Å². The molecule has 5 heteroatoms. The molecule has 0 saturated carbocycles. The predicted octanol–water partition coefficient (Wildman–Crippen LogP) is 1.71. The normalized spacial score (nSPS) is 10.4. The van der Waals surface area contributed by atoms with Gasteiger partial charge in [0.2, 0.25) is 0 Å². The molecular formula is C14H18N4O. The van der Waals surface area contributed by atoms with Crippen molar-refractivity contribution in [2.45, 2.75) is 13.3 Å². The number of H-pyrrole nitrogens is 1. The van der Waals surface area contributed by atoms with E-state index in [9.17, 15) is 4.79 Å². The molecule has 1 aromatic heterocycles. The third kappa shape index (κ3) is 3.20. The van der Waals surface area contributed by atoms with Gasteiger partial charge in [-0.25, -0.2) is 0 Å². The van der Waals surface area contributed by atoms with Gasteiger partial charge in [0, 0.05) is 18.4 Å². The number of nitrogens with two attached hydrogens (primary N) is 1. The number of benzene rings is 1. The maximum atomic E-state index is 12.4. The molecule has 1 aromatic carbocycles. The minimum absolute atomic E-state index is 0.0881. The van der Waals surface area contributed by atoms with E-state index >= 15 is 0 Å². The molecule has 0 unspecified atom stereocenters. The van der Waals surface area contributed by atoms with Crippen molar-refractivity contribution in [3.8, 4) is 0 Å². The van der Waals surface area contributed by atoms with E-state index in [0.717, 1.165) is 17.7 Å². The van der Waals surface area contributed by atoms with Gasteiger partial charge < -0.3 is 10.6 Å². The summed E-state index contributed by atoms with van der Waals surface area (Å²) in [5.41, 5.74) is 8.06. The lowest BCUT2D eigenvalue weighted by atomic mass is 10.2. The summed E-state index contributed by atoms with van der Waals surface area (Å²) in [6.07, 6.45) is 2.33. The van der Waals surface area contributed by atoms with Crippen molar-refractivity contribution in [1.82, 2.24) is 10.2 Å². The maximum Gasteiger partial charge on any atom is 0.276 e. The molecule has 19 heavy (non-hydrogen) atoms. The number of aromatic amines is 1. The average Bonchev–Trinajstić information content (AvgIpc) is 2.95. The van der Waals surface area contributed by atoms with Crippen LogP contribution >= 0.6 is 0 Å². The van der Waals surface area contributed by atoms with E-state index in [1.807, 2.05) is 31.2 Å². The second-order valence-corrected chi connectivity index (χ2v) is 4.40. The van der Waals surface area contributed by atoms with Gasteiger partial charge in [-0.2, -0.15) is 5.10 Å². The molecule has 0 saturated heterocycles. The fraction of sp³-hybridized carbons (Fsp3) is 0.286. The van der Waals surface area contributed by atoms with Gasteiger partial charge >= 0.3 is 0 Å². The number of nitrogens with zero attached hydrogens (tertiary/aromatic N) is 2. The molecule has 0 radical (unpaired) electrons. The van der Waals surface area contributed by atoms with Crippen LogP contribution in [0.25, 0.3) is 0 Å². The van der Waals surface area contributed by atoms with Crippen LogP contribution in [0, 0.1) is 6.92 Å². The van der Waals surface area contributed by atoms with E-state index in [1.54, 1.807) is 17.2 Å². The lowest BCUT2D eigenvalue weighted by molar-refractivity contribution is 0.0982. The molecule has 1 amide bonds. The quantitative estimate of drug-likeness (QED) is 0.857. The molecule has 0 fully saturated rings. The van der Waals surface area contributed by atoms with Crippen LogP contribution in [0.4, 0.5) is 5.69 Å². The van der Waals surface area contributed by atoms with Gasteiger partial charge in [0.05, 0.1) is 0 Å². The molecule has 5 nitrogen and oxygen atoms in total. The zero-order chi connectivity index (χ0) is 13.7. The smallest absolute Gasteiger partial charge is 0.276 e. The second kappa shape index (κ2) is 6.15. The third-order valence-electron chi connectivity index (χ3n) is 2.91. The van der Waals surface area contributed by atoms with E-state index < -0.39 is 0 Å². The second-order valence-electron chi connectivity index (χ2n) is 4.40. The summed E-state index contributed by atoms with van der Waals surface area (Å²) in [5.74, 6) is -0.0881. The first-order valence-corrected chi connectivity index (χ1v) is 6.30. The number of hydrogen-bond acceptors (Lipinski definition) is 3. The highest BCUT2D eigenvalue weighted by atomic mass is 16.2. The van der Waals surface area contributed by atoms with Gasteiger partial charge in [-0.05, 0) is 38.1 Å². The highest BCUT2D eigenvalue weighted by Crippen LogP contribution is 2.17. The summed E-state index contributed by atoms with van der Waals surface area (Å²) in [7, 11) is 0. The van der Waals surface area contributed by atoms with Crippen LogP contribution in [0.5, 0.6) is 0 Å². The maximum absolute atomic E-state index is 12.4. The molecule has 1 heterocycles. The number of anilines is 1. The SMILES string of the molecule is Cc1ccc(N(CCCN)C(=O)c2ccn[nH]2)cc1. The van der Waals surface area contributed by atoms with Crippen molar-refractivity contribution in [2.75, 3.05) is 18.0 Å². The Morgan fingerprint density at radius 1 is 1.32 bits per heavy atom. The van der Waals surface area contributed by atoms with E-state index in [2.05, 4.69) is 10.2 Å². The van der Waals surface area contributed by atoms with Crippen molar-refractivity contribution >= 4 is 11.6 Å². The van der Waals surface area contributed by atoms with Gasteiger partial charge in [-0.15, -0.1) is 0 Å². The molecular weight excluding hydrogens is 240 g/mol. The van der Waals surface area contributed by atoms with Crippen LogP contribution in [0.15, 0.2) is 36.5 Å². The van der Waals surface area contributed by atoms with Gasteiger partial charge in [0.25, 0.3) is 5.91 Å². The van der Waals surface area contributed by atoms with Crippen molar-refractivity contribution < 1.29 is 4.79 Å². The first kappa shape index (κ1) is 13.3. The standard InChI is InChI=1S/C14H18N4O/c1-11-3-5-12(6-4-11)18(10-2-8-15)14(19)13-7-9-16-17-13/h3-7,9H,2,8,10,15H2,1H3,(H,16,17). The molecule has 0 bridgehead atoms. The Balaban J connectivity index is 2.25. The number of aromatic nitrogens is 2. The van der Waals surface area contributed by atoms with Crippen LogP contribution in [0.1, 0.15) is 22.5 Å². The van der Waals surface area contributed by atoms with Gasteiger partial charge in [-0.3, -0.25) is 9.89 Å². The number of nitrogens with one attached hydrogen (secondary N) is 1. The predicted molar refractivity (Wildman–Crippen MR) is 75.1 cm³/mol. The molecule has 2 rings (SSSR count). The molecule has 0 spiro atoms. The lowest BCUT2D eigenvalue weighted by Gasteiger charge is -2.22. The minimum Gasteiger partial charge on any atom is -0.330 e. The Labute approximate surface area is 112 Å². The zero-order valence-corrected chi connectivity index (χ0v) is 11.0. The molecule has 0 atom stereocenters. The van der Waals surface area contributed by atoms with Crippen LogP contribution in [-0.4, -0.2) is 29.2 Å². The Morgan fingerprint density at radius 3 is 2.63 bits per heavy atom. The van der Waals surface area contributed by atoms with Crippen molar-refractivity contribution in [1.29, 1.82) is 0 Å². The van der Waals surface area contributed by atoms with Crippen LogP contribution in [0.3, 0.4) is 0 Å². The summed E-state index contributed by atoms with van der Waals surface area (Å²) in [6.45, 7) is 3.17. The fourth-order valence-electron chi connectivity index (χ4n) is 1.84. The monoisotopic (exact) mass is 258 g/mol. The van der Waals surface area contributed by atoms with Crippen molar-refractivity contribution in [3.05, 3.63) is 47.8 Å². The summed E-state index contributed by atoms with van der Waals surface area (Å²) in [6, 6.07) is 9.54. The van der Waals surface area contributed by atoms with Gasteiger partial charge in [0.15, 0.2) is 0 Å². The Kier molecular flexibility index (Phi) is 4.30. The number of aryl methyl sites for hydroxylation is 1. The summed E-state index contributed by atoms with van der Waals surface area (Å²) in [5, 5.41) is 6.52. The van der Waals surface area contributed by atoms with Crippen molar-refractivity contribution in [3.63, 3.8) is 0 Å². The Hall–Kier alpha value is -2.14. The highest BCUT2D eigenvalue weighted by molar-refractivity contribution is 6.04. The molecule has 3 N–H and O–H groups in total. The van der Waals surface area contributed by atoms with Gasteiger partial charge in [0.1, 0.15) is 5.69 Å². The van der Waals surface area contributed by atoms with Crippen LogP contribution in [-0.2, 0) is 0 Å². The van der Waals surface area contributed by atoms with E-state index in [0.29, 0.717) is 18.8 Å². The Morgan fingerprint density at radius 2 is 2.05 bits per heavy atom. The fourth-order valence-corrected chi connectivity index (χ4v) is 1.84. The number of hydrogen-bond donors (Lipinski definition) is 2. The molecule has 0 aliphatic rings. The third-order valence-corrected chi connectivity index (χ3v) is 2.91. The molecule has 0 aliphatic carbocycles.